The quantitative estimate of drug-likeness (QED) is 0.645. The van der Waals surface area contributed by atoms with E-state index in [4.69, 9.17) is 0 Å². The van der Waals surface area contributed by atoms with Gasteiger partial charge in [-0.15, -0.1) is 0 Å². The minimum Gasteiger partial charge on any atom is -0.289 e. The molecule has 1 atom stereocenters. The Morgan fingerprint density at radius 2 is 1.69 bits per heavy atom. The summed E-state index contributed by atoms with van der Waals surface area (Å²) >= 11 is 0. The van der Waals surface area contributed by atoms with Crippen LogP contribution in [0.15, 0.2) is 0 Å². The highest BCUT2D eigenvalue weighted by Crippen LogP contribution is 2.26. The molecule has 0 bridgehead atoms. The Morgan fingerprint density at radius 3 is 1.92 bits per heavy atom. The van der Waals surface area contributed by atoms with E-state index in [0.29, 0.717) is 0 Å². The maximum absolute atomic E-state index is 12.2. The number of hydrogen-bond acceptors (Lipinski definition) is 2. The molecule has 0 amide bonds. The molecule has 0 saturated carbocycles. The van der Waals surface area contributed by atoms with Crippen molar-refractivity contribution in [1.29, 1.82) is 0 Å². The molecule has 0 aromatic carbocycles. The van der Waals surface area contributed by atoms with Crippen molar-refractivity contribution in [1.82, 2.24) is 0 Å². The Bertz CT molecular complexity index is 220. The molecule has 7 heteroatoms. The molecule has 1 radical (unpaired) electrons. The van der Waals surface area contributed by atoms with Gasteiger partial charge >= 0.3 is 11.8 Å². The second-order valence-electron chi connectivity index (χ2n) is 2.34. The molecule has 75 valence electrons. The van der Waals surface area contributed by atoms with Crippen LogP contribution < -0.4 is 0 Å². The van der Waals surface area contributed by atoms with Gasteiger partial charge in [0.1, 0.15) is 0 Å². The van der Waals surface area contributed by atoms with Gasteiger partial charge in [-0.25, -0.2) is 4.39 Å². The summed E-state index contributed by atoms with van der Waals surface area (Å²) in [6.07, 6.45) is -3.97. The number of carbonyl (C=O) groups is 1. The van der Waals surface area contributed by atoms with Gasteiger partial charge in [0, 0.05) is 6.92 Å². The first kappa shape index (κ1) is 12.0. The third-order valence-electron chi connectivity index (χ3n) is 1.12. The van der Waals surface area contributed by atoms with Crippen molar-refractivity contribution in [3.05, 3.63) is 0 Å². The molecule has 13 heavy (non-hydrogen) atoms. The maximum atomic E-state index is 12.2. The Morgan fingerprint density at radius 1 is 1.31 bits per heavy atom. The van der Waals surface area contributed by atoms with E-state index in [1.807, 2.05) is 0 Å². The molecule has 0 aliphatic rings. The molecule has 0 heterocycles. The van der Waals surface area contributed by atoms with Crippen LogP contribution in [0.4, 0.5) is 22.0 Å². The number of hydrogen-bond donors (Lipinski definition) is 0. The van der Waals surface area contributed by atoms with E-state index in [1.54, 1.807) is 0 Å². The van der Waals surface area contributed by atoms with Crippen molar-refractivity contribution >= 4 is 12.1 Å². The molecule has 2 nitrogen and oxygen atoms in total. The number of halogens is 5. The summed E-state index contributed by atoms with van der Waals surface area (Å²) in [5.74, 6) is -11.7. The Labute approximate surface area is 69.7 Å². The standard InChI is InChI=1S/C6H4F5O2/c1-5(8,9)4(13)3(7)6(10,11)2-12/h3H,1H3. The lowest BCUT2D eigenvalue weighted by Gasteiger charge is -2.16. The predicted octanol–water partition coefficient (Wildman–Crippen LogP) is 1.29. The Kier molecular flexibility index (Phi) is 3.13. The summed E-state index contributed by atoms with van der Waals surface area (Å²) < 4.78 is 60.1. The molecule has 1 unspecified atom stereocenters. The molecule has 0 spiro atoms. The lowest BCUT2D eigenvalue weighted by atomic mass is 10.1. The minimum absolute atomic E-state index is 0.0389. The molecular formula is C6H4F5O2. The van der Waals surface area contributed by atoms with Gasteiger partial charge in [-0.1, -0.05) is 0 Å². The summed E-state index contributed by atoms with van der Waals surface area (Å²) in [7, 11) is 0. The van der Waals surface area contributed by atoms with Gasteiger partial charge < -0.3 is 0 Å². The number of ketones is 1. The normalized spacial score (nSPS) is 15.2. The van der Waals surface area contributed by atoms with Crippen LogP contribution in [0.1, 0.15) is 6.92 Å². The molecule has 0 N–H and O–H groups in total. The third-order valence-corrected chi connectivity index (χ3v) is 1.12. The van der Waals surface area contributed by atoms with E-state index < -0.39 is 23.8 Å². The van der Waals surface area contributed by atoms with Crippen molar-refractivity contribution < 1.29 is 31.5 Å². The first-order chi connectivity index (χ1) is 5.63. The van der Waals surface area contributed by atoms with Gasteiger partial charge in [0.25, 0.3) is 6.29 Å². The molecule has 0 aromatic rings. The zero-order valence-corrected chi connectivity index (χ0v) is 6.28. The van der Waals surface area contributed by atoms with Crippen LogP contribution in [-0.4, -0.2) is 30.1 Å². The largest absolute Gasteiger partial charge is 0.350 e. The van der Waals surface area contributed by atoms with Crippen LogP contribution in [0, 0.1) is 0 Å². The van der Waals surface area contributed by atoms with Gasteiger partial charge in [-0.2, -0.15) is 17.6 Å². The predicted molar refractivity (Wildman–Crippen MR) is 31.2 cm³/mol. The van der Waals surface area contributed by atoms with Crippen LogP contribution in [0.3, 0.4) is 0 Å². The fourth-order valence-corrected chi connectivity index (χ4v) is 0.439. The monoisotopic (exact) mass is 203 g/mol. The van der Waals surface area contributed by atoms with E-state index >= 15 is 0 Å². The molecular weight excluding hydrogens is 199 g/mol. The van der Waals surface area contributed by atoms with Gasteiger partial charge in [-0.05, 0) is 0 Å². The van der Waals surface area contributed by atoms with Gasteiger partial charge in [0.15, 0.2) is 0 Å². The second-order valence-corrected chi connectivity index (χ2v) is 2.34. The first-order valence-corrected chi connectivity index (χ1v) is 2.96. The van der Waals surface area contributed by atoms with Crippen LogP contribution in [0.25, 0.3) is 0 Å². The zero-order chi connectivity index (χ0) is 10.9. The summed E-state index contributed by atoms with van der Waals surface area (Å²) in [6.45, 7) is -0.0389. The smallest absolute Gasteiger partial charge is 0.289 e. The molecule has 0 aliphatic carbocycles. The summed E-state index contributed by atoms with van der Waals surface area (Å²) in [6, 6.07) is 0. The number of rotatable bonds is 4. The van der Waals surface area contributed by atoms with Crippen molar-refractivity contribution in [3.63, 3.8) is 0 Å². The van der Waals surface area contributed by atoms with Crippen LogP contribution in [0.2, 0.25) is 0 Å². The highest BCUT2D eigenvalue weighted by atomic mass is 19.3. The van der Waals surface area contributed by atoms with Crippen molar-refractivity contribution in [2.45, 2.75) is 24.9 Å². The van der Waals surface area contributed by atoms with Crippen molar-refractivity contribution in [2.24, 2.45) is 0 Å². The SMILES string of the molecule is CC(F)(F)C(=O)C(F)C(F)(F)[C]=O. The van der Waals surface area contributed by atoms with E-state index in [-0.39, 0.29) is 13.2 Å². The average Bonchev–Trinajstić information content (AvgIpc) is 2.00. The highest BCUT2D eigenvalue weighted by Gasteiger charge is 2.52. The average molecular weight is 203 g/mol. The maximum Gasteiger partial charge on any atom is 0.350 e. The van der Waals surface area contributed by atoms with E-state index in [0.717, 1.165) is 0 Å². The molecule has 0 rings (SSSR count). The lowest BCUT2D eigenvalue weighted by Crippen LogP contribution is -2.44. The first-order valence-electron chi connectivity index (χ1n) is 2.96. The van der Waals surface area contributed by atoms with Crippen LogP contribution in [-0.2, 0) is 9.59 Å². The fraction of sp³-hybridized carbons (Fsp3) is 0.667. The Hall–Kier alpha value is -1.01. The van der Waals surface area contributed by atoms with Crippen LogP contribution >= 0.6 is 0 Å². The summed E-state index contributed by atoms with van der Waals surface area (Å²) in [5, 5.41) is 0. The van der Waals surface area contributed by atoms with E-state index in [9.17, 15) is 31.5 Å². The molecule has 0 aromatic heterocycles. The van der Waals surface area contributed by atoms with E-state index in [2.05, 4.69) is 0 Å². The summed E-state index contributed by atoms with van der Waals surface area (Å²) in [4.78, 5) is 19.6. The van der Waals surface area contributed by atoms with Gasteiger partial charge in [0.2, 0.25) is 12.0 Å². The number of Topliss-reactive ketones (excluding diaryl/α,β-unsaturated/α-hetero) is 1. The molecule has 0 aliphatic heterocycles. The highest BCUT2D eigenvalue weighted by molar-refractivity contribution is 5.92. The fourth-order valence-electron chi connectivity index (χ4n) is 0.439. The number of carbonyl (C=O) groups excluding carboxylic acids is 2. The van der Waals surface area contributed by atoms with Gasteiger partial charge in [-0.3, -0.25) is 9.59 Å². The lowest BCUT2D eigenvalue weighted by molar-refractivity contribution is -0.155. The van der Waals surface area contributed by atoms with Crippen LogP contribution in [0.5, 0.6) is 0 Å². The number of alkyl halides is 5. The minimum atomic E-state index is -4.82. The zero-order valence-electron chi connectivity index (χ0n) is 6.28. The topological polar surface area (TPSA) is 34.1 Å². The van der Waals surface area contributed by atoms with Crippen molar-refractivity contribution in [2.75, 3.05) is 0 Å². The van der Waals surface area contributed by atoms with Crippen molar-refractivity contribution in [3.8, 4) is 0 Å². The van der Waals surface area contributed by atoms with E-state index in [1.165, 1.54) is 0 Å². The molecule has 0 fully saturated rings. The summed E-state index contributed by atoms with van der Waals surface area (Å²) in [5.41, 5.74) is 0. The molecule has 0 saturated heterocycles. The third kappa shape index (κ3) is 2.74. The Balaban J connectivity index is 4.72. The second kappa shape index (κ2) is 3.39. The van der Waals surface area contributed by atoms with Gasteiger partial charge in [0.05, 0.1) is 0 Å².